The van der Waals surface area contributed by atoms with Crippen LogP contribution >= 0.6 is 38.9 Å². The van der Waals surface area contributed by atoms with Crippen LogP contribution in [0.2, 0.25) is 4.34 Å². The average molecular weight is 318 g/mol. The molecule has 0 aliphatic heterocycles. The first kappa shape index (κ1) is 12.2. The van der Waals surface area contributed by atoms with Crippen molar-refractivity contribution in [3.05, 3.63) is 19.8 Å². The van der Waals surface area contributed by atoms with Crippen molar-refractivity contribution in [1.29, 1.82) is 0 Å². The molecule has 0 radical (unpaired) electrons. The van der Waals surface area contributed by atoms with Crippen molar-refractivity contribution >= 4 is 54.5 Å². The number of hydrogen-bond donors (Lipinski definition) is 0. The van der Waals surface area contributed by atoms with Gasteiger partial charge in [-0.1, -0.05) is 11.6 Å². The molecule has 0 fully saturated rings. The van der Waals surface area contributed by atoms with Crippen LogP contribution in [0.4, 0.5) is 0 Å². The van der Waals surface area contributed by atoms with Crippen LogP contribution < -0.4 is 0 Å². The number of sulfone groups is 1. The Morgan fingerprint density at radius 1 is 1.64 bits per heavy atom. The third-order valence-corrected chi connectivity index (χ3v) is 4.62. The van der Waals surface area contributed by atoms with Gasteiger partial charge in [0.25, 0.3) is 0 Å². The monoisotopic (exact) mass is 316 g/mol. The number of thiophene rings is 1. The maximum Gasteiger partial charge on any atom is 0.187 e. The summed E-state index contributed by atoms with van der Waals surface area (Å²) >= 11 is 9.92. The van der Waals surface area contributed by atoms with Gasteiger partial charge in [-0.05, 0) is 22.0 Å². The zero-order chi connectivity index (χ0) is 10.9. The molecule has 0 N–H and O–H groups in total. The van der Waals surface area contributed by atoms with Crippen LogP contribution in [0.5, 0.6) is 0 Å². The van der Waals surface area contributed by atoms with E-state index in [0.29, 0.717) is 13.7 Å². The predicted octanol–water partition coefficient (Wildman–Crippen LogP) is 2.39. The number of carbonyl (C=O) groups excluding carboxylic acids is 1. The van der Waals surface area contributed by atoms with E-state index in [0.717, 1.165) is 17.6 Å². The van der Waals surface area contributed by atoms with Crippen molar-refractivity contribution in [3.8, 4) is 0 Å². The Balaban J connectivity index is 2.91. The molecule has 7 heteroatoms. The van der Waals surface area contributed by atoms with Crippen LogP contribution in [0.25, 0.3) is 0 Å². The Kier molecular flexibility index (Phi) is 3.74. The largest absolute Gasteiger partial charge is 0.292 e. The lowest BCUT2D eigenvalue weighted by atomic mass is 10.4. The fourth-order valence-corrected chi connectivity index (χ4v) is 3.16. The molecule has 0 aliphatic rings. The number of hydrogen-bond acceptors (Lipinski definition) is 4. The molecule has 0 aliphatic carbocycles. The minimum atomic E-state index is -3.28. The van der Waals surface area contributed by atoms with E-state index in [1.807, 2.05) is 0 Å². The number of ketones is 1. The molecule has 78 valence electrons. The van der Waals surface area contributed by atoms with Gasteiger partial charge in [-0.3, -0.25) is 4.79 Å². The van der Waals surface area contributed by atoms with Crippen molar-refractivity contribution in [2.45, 2.75) is 0 Å². The molecular weight excluding hydrogens is 312 g/mol. The van der Waals surface area contributed by atoms with Gasteiger partial charge >= 0.3 is 0 Å². The van der Waals surface area contributed by atoms with E-state index in [9.17, 15) is 13.2 Å². The topological polar surface area (TPSA) is 51.2 Å². The fraction of sp³-hybridized carbons (Fsp3) is 0.286. The minimum absolute atomic E-state index is 0.354. The normalized spacial score (nSPS) is 11.6. The summed E-state index contributed by atoms with van der Waals surface area (Å²) in [7, 11) is -3.28. The maximum atomic E-state index is 11.4. The van der Waals surface area contributed by atoms with Crippen molar-refractivity contribution in [2.75, 3.05) is 12.0 Å². The van der Waals surface area contributed by atoms with Gasteiger partial charge in [-0.15, -0.1) is 11.3 Å². The highest BCUT2D eigenvalue weighted by atomic mass is 79.9. The summed E-state index contributed by atoms with van der Waals surface area (Å²) < 4.78 is 22.7. The Bertz CT molecular complexity index is 444. The van der Waals surface area contributed by atoms with Crippen LogP contribution in [-0.4, -0.2) is 26.2 Å². The Labute approximate surface area is 99.1 Å². The van der Waals surface area contributed by atoms with E-state index in [1.165, 1.54) is 6.07 Å². The predicted molar refractivity (Wildman–Crippen MR) is 61.1 cm³/mol. The number of rotatable bonds is 3. The van der Waals surface area contributed by atoms with E-state index >= 15 is 0 Å². The maximum absolute atomic E-state index is 11.4. The second-order valence-corrected chi connectivity index (χ2v) is 7.37. The smallest absolute Gasteiger partial charge is 0.187 e. The molecule has 3 nitrogen and oxygen atoms in total. The van der Waals surface area contributed by atoms with E-state index < -0.39 is 21.4 Å². The van der Waals surface area contributed by atoms with Gasteiger partial charge in [0.05, 0.1) is 4.88 Å². The molecule has 0 bridgehead atoms. The molecular formula is C7H6BrClO3S2. The van der Waals surface area contributed by atoms with Crippen molar-refractivity contribution in [3.63, 3.8) is 0 Å². The number of halogens is 2. The van der Waals surface area contributed by atoms with E-state index in [2.05, 4.69) is 15.9 Å². The molecule has 0 amide bonds. The van der Waals surface area contributed by atoms with Crippen LogP contribution in [0.1, 0.15) is 9.67 Å². The summed E-state index contributed by atoms with van der Waals surface area (Å²) in [5, 5.41) is 0. The van der Waals surface area contributed by atoms with Crippen LogP contribution in [0, 0.1) is 0 Å². The first-order valence-corrected chi connectivity index (χ1v) is 7.50. The standard InChI is InChI=1S/C7H6BrClO3S2/c1-14(11,12)3-5(10)6-2-4(8)7(9)13-6/h2H,3H2,1H3. The summed E-state index contributed by atoms with van der Waals surface area (Å²) in [4.78, 5) is 11.7. The van der Waals surface area contributed by atoms with Crippen LogP contribution in [0.3, 0.4) is 0 Å². The van der Waals surface area contributed by atoms with Gasteiger partial charge in [0.15, 0.2) is 15.6 Å². The quantitative estimate of drug-likeness (QED) is 0.804. The molecule has 0 spiro atoms. The summed E-state index contributed by atoms with van der Waals surface area (Å²) in [6.45, 7) is 0. The van der Waals surface area contributed by atoms with Gasteiger partial charge in [-0.2, -0.15) is 0 Å². The van der Waals surface area contributed by atoms with E-state index in [4.69, 9.17) is 11.6 Å². The fourth-order valence-electron chi connectivity index (χ4n) is 0.793. The van der Waals surface area contributed by atoms with Crippen LogP contribution in [-0.2, 0) is 9.84 Å². The van der Waals surface area contributed by atoms with Gasteiger partial charge in [0, 0.05) is 10.7 Å². The molecule has 14 heavy (non-hydrogen) atoms. The summed E-state index contributed by atoms with van der Waals surface area (Å²) in [6, 6.07) is 1.53. The third kappa shape index (κ3) is 3.34. The Hall–Kier alpha value is 0.0900. The average Bonchev–Trinajstić information content (AvgIpc) is 2.28. The summed E-state index contributed by atoms with van der Waals surface area (Å²) in [6.07, 6.45) is 1.02. The summed E-state index contributed by atoms with van der Waals surface area (Å²) in [5.41, 5.74) is 0. The highest BCUT2D eigenvalue weighted by Gasteiger charge is 2.16. The first-order chi connectivity index (χ1) is 6.29. The van der Waals surface area contributed by atoms with E-state index in [-0.39, 0.29) is 0 Å². The summed E-state index contributed by atoms with van der Waals surface area (Å²) in [5.74, 6) is -0.902. The lowest BCUT2D eigenvalue weighted by Crippen LogP contribution is -2.13. The minimum Gasteiger partial charge on any atom is -0.292 e. The highest BCUT2D eigenvalue weighted by molar-refractivity contribution is 9.10. The molecule has 0 saturated carbocycles. The van der Waals surface area contributed by atoms with Gasteiger partial charge < -0.3 is 0 Å². The zero-order valence-electron chi connectivity index (χ0n) is 7.08. The van der Waals surface area contributed by atoms with E-state index in [1.54, 1.807) is 0 Å². The zero-order valence-corrected chi connectivity index (χ0v) is 11.1. The third-order valence-electron chi connectivity index (χ3n) is 1.31. The van der Waals surface area contributed by atoms with Crippen LogP contribution in [0.15, 0.2) is 10.5 Å². The molecule has 1 aromatic heterocycles. The van der Waals surface area contributed by atoms with Gasteiger partial charge in [-0.25, -0.2) is 8.42 Å². The molecule has 1 heterocycles. The molecule has 0 unspecified atom stereocenters. The SMILES string of the molecule is CS(=O)(=O)CC(=O)c1cc(Br)c(Cl)s1. The second kappa shape index (κ2) is 4.30. The van der Waals surface area contributed by atoms with Crippen molar-refractivity contribution < 1.29 is 13.2 Å². The molecule has 1 aromatic rings. The second-order valence-electron chi connectivity index (χ2n) is 2.73. The molecule has 0 atom stereocenters. The lowest BCUT2D eigenvalue weighted by molar-refractivity contribution is 0.102. The van der Waals surface area contributed by atoms with Gasteiger partial charge in [0.2, 0.25) is 0 Å². The van der Waals surface area contributed by atoms with Crippen molar-refractivity contribution in [1.82, 2.24) is 0 Å². The number of Topliss-reactive ketones (excluding diaryl/α,β-unsaturated/α-hetero) is 1. The molecule has 0 aromatic carbocycles. The Morgan fingerprint density at radius 3 is 2.57 bits per heavy atom. The van der Waals surface area contributed by atoms with Gasteiger partial charge in [0.1, 0.15) is 10.1 Å². The molecule has 1 rings (SSSR count). The highest BCUT2D eigenvalue weighted by Crippen LogP contribution is 2.32. The lowest BCUT2D eigenvalue weighted by Gasteiger charge is -1.93. The number of carbonyl (C=O) groups is 1. The first-order valence-electron chi connectivity index (χ1n) is 3.45. The Morgan fingerprint density at radius 2 is 2.21 bits per heavy atom. The molecule has 0 saturated heterocycles. The van der Waals surface area contributed by atoms with Crippen molar-refractivity contribution in [2.24, 2.45) is 0 Å².